The highest BCUT2D eigenvalue weighted by Crippen LogP contribution is 2.32. The van der Waals surface area contributed by atoms with Crippen LogP contribution in [-0.4, -0.2) is 17.0 Å². The van der Waals surface area contributed by atoms with E-state index < -0.39 is 5.97 Å². The average molecular weight is 514 g/mol. The quantitative estimate of drug-likeness (QED) is 0.256. The van der Waals surface area contributed by atoms with E-state index in [4.69, 9.17) is 16.3 Å². The lowest BCUT2D eigenvalue weighted by molar-refractivity contribution is -0.115. The number of amides is 1. The molecule has 1 aliphatic heterocycles. The van der Waals surface area contributed by atoms with Gasteiger partial charge in [0, 0.05) is 15.1 Å². The predicted octanol–water partition coefficient (Wildman–Crippen LogP) is 6.21. The molecule has 1 aliphatic rings. The Bertz CT molecular complexity index is 1210. The Hall–Kier alpha value is -2.87. The number of benzene rings is 3. The van der Waals surface area contributed by atoms with E-state index in [0.717, 1.165) is 4.47 Å². The first-order valence-electron chi connectivity index (χ1n) is 9.10. The molecule has 0 bridgehead atoms. The van der Waals surface area contributed by atoms with Gasteiger partial charge in [0.05, 0.1) is 16.2 Å². The molecule has 0 aliphatic carbocycles. The van der Waals surface area contributed by atoms with E-state index in [1.165, 1.54) is 11.8 Å². The molecule has 31 heavy (non-hydrogen) atoms. The maximum atomic E-state index is 12.5. The molecule has 0 atom stereocenters. The number of aliphatic imine (C=N–C) groups is 1. The number of halogens is 2. The van der Waals surface area contributed by atoms with E-state index in [-0.39, 0.29) is 5.91 Å². The van der Waals surface area contributed by atoms with Crippen LogP contribution in [-0.2, 0) is 4.79 Å². The van der Waals surface area contributed by atoms with Crippen LogP contribution >= 0.6 is 39.3 Å². The van der Waals surface area contributed by atoms with Gasteiger partial charge in [-0.05, 0) is 72.4 Å². The van der Waals surface area contributed by atoms with Crippen LogP contribution in [0.3, 0.4) is 0 Å². The standard InChI is InChI=1S/C23H14BrClN2O3S/c24-16-6-11-19(30-22(29)14-4-2-1-3-5-14)15(12-16)13-20-21(28)27-23(31-20)26-18-9-7-17(25)8-10-18/h1-13H,(H,26,27,28)/b20-13-. The van der Waals surface area contributed by atoms with Crippen molar-refractivity contribution in [2.45, 2.75) is 0 Å². The van der Waals surface area contributed by atoms with Crippen molar-refractivity contribution in [2.75, 3.05) is 0 Å². The fraction of sp³-hybridized carbons (Fsp3) is 0. The van der Waals surface area contributed by atoms with Gasteiger partial charge in [0.25, 0.3) is 5.91 Å². The van der Waals surface area contributed by atoms with Crippen LogP contribution in [0, 0.1) is 0 Å². The summed E-state index contributed by atoms with van der Waals surface area (Å²) in [6, 6.07) is 20.9. The number of ether oxygens (including phenoxy) is 1. The van der Waals surface area contributed by atoms with Crippen LogP contribution in [0.4, 0.5) is 5.69 Å². The summed E-state index contributed by atoms with van der Waals surface area (Å²) in [5, 5.41) is 3.81. The molecule has 4 rings (SSSR count). The molecule has 1 saturated heterocycles. The van der Waals surface area contributed by atoms with Crippen molar-refractivity contribution < 1.29 is 14.3 Å². The summed E-state index contributed by atoms with van der Waals surface area (Å²) < 4.78 is 6.37. The smallest absolute Gasteiger partial charge is 0.343 e. The van der Waals surface area contributed by atoms with Crippen molar-refractivity contribution >= 4 is 68.1 Å². The molecule has 8 heteroatoms. The Labute approximate surface area is 196 Å². The summed E-state index contributed by atoms with van der Waals surface area (Å²) in [6.07, 6.45) is 1.67. The van der Waals surface area contributed by atoms with Crippen molar-refractivity contribution in [3.63, 3.8) is 0 Å². The van der Waals surface area contributed by atoms with Crippen LogP contribution in [0.25, 0.3) is 6.08 Å². The van der Waals surface area contributed by atoms with E-state index in [1.807, 2.05) is 6.07 Å². The summed E-state index contributed by atoms with van der Waals surface area (Å²) in [6.45, 7) is 0. The Morgan fingerprint density at radius 3 is 2.55 bits per heavy atom. The van der Waals surface area contributed by atoms with Crippen molar-refractivity contribution in [2.24, 2.45) is 4.99 Å². The van der Waals surface area contributed by atoms with E-state index in [1.54, 1.807) is 72.8 Å². The normalized spacial score (nSPS) is 15.9. The zero-order valence-corrected chi connectivity index (χ0v) is 19.0. The summed E-state index contributed by atoms with van der Waals surface area (Å²) in [4.78, 5) is 29.8. The molecule has 0 spiro atoms. The molecule has 1 fully saturated rings. The molecule has 1 amide bonds. The number of rotatable bonds is 4. The molecule has 5 nitrogen and oxygen atoms in total. The van der Waals surface area contributed by atoms with Gasteiger partial charge in [-0.15, -0.1) is 0 Å². The minimum absolute atomic E-state index is 0.280. The highest BCUT2D eigenvalue weighted by Gasteiger charge is 2.24. The lowest BCUT2D eigenvalue weighted by atomic mass is 10.1. The van der Waals surface area contributed by atoms with E-state index in [0.29, 0.717) is 37.7 Å². The van der Waals surface area contributed by atoms with Gasteiger partial charge < -0.3 is 10.1 Å². The molecule has 0 radical (unpaired) electrons. The van der Waals surface area contributed by atoms with Gasteiger partial charge in [0.15, 0.2) is 5.17 Å². The minimum Gasteiger partial charge on any atom is -0.422 e. The van der Waals surface area contributed by atoms with Crippen molar-refractivity contribution in [3.8, 4) is 5.75 Å². The molecule has 154 valence electrons. The summed E-state index contributed by atoms with van der Waals surface area (Å²) >= 11 is 10.5. The zero-order valence-electron chi connectivity index (χ0n) is 15.8. The number of amidine groups is 1. The number of carbonyl (C=O) groups is 2. The average Bonchev–Trinajstić information content (AvgIpc) is 3.11. The highest BCUT2D eigenvalue weighted by atomic mass is 79.9. The second-order valence-corrected chi connectivity index (χ2v) is 8.78. The van der Waals surface area contributed by atoms with Crippen molar-refractivity contribution in [3.05, 3.63) is 98.3 Å². The van der Waals surface area contributed by atoms with Gasteiger partial charge in [0.2, 0.25) is 0 Å². The van der Waals surface area contributed by atoms with Crippen LogP contribution < -0.4 is 10.1 Å². The Morgan fingerprint density at radius 2 is 1.81 bits per heavy atom. The molecule has 0 unspecified atom stereocenters. The van der Waals surface area contributed by atoms with Gasteiger partial charge >= 0.3 is 5.97 Å². The maximum Gasteiger partial charge on any atom is 0.343 e. The summed E-state index contributed by atoms with van der Waals surface area (Å²) in [5.74, 6) is -0.407. The van der Waals surface area contributed by atoms with Gasteiger partial charge in [-0.2, -0.15) is 0 Å². The minimum atomic E-state index is -0.476. The topological polar surface area (TPSA) is 67.8 Å². The number of thioether (sulfide) groups is 1. The van der Waals surface area contributed by atoms with Crippen molar-refractivity contribution in [1.82, 2.24) is 5.32 Å². The molecular formula is C23H14BrClN2O3S. The van der Waals surface area contributed by atoms with Crippen LogP contribution in [0.15, 0.2) is 87.2 Å². The van der Waals surface area contributed by atoms with Crippen molar-refractivity contribution in [1.29, 1.82) is 0 Å². The van der Waals surface area contributed by atoms with Gasteiger partial charge in [-0.25, -0.2) is 9.79 Å². The van der Waals surface area contributed by atoms with Gasteiger partial charge in [-0.1, -0.05) is 45.7 Å². The van der Waals surface area contributed by atoms with Crippen LogP contribution in [0.5, 0.6) is 5.75 Å². The maximum absolute atomic E-state index is 12.5. The molecule has 1 heterocycles. The Kier molecular flexibility index (Phi) is 6.56. The second-order valence-electron chi connectivity index (χ2n) is 6.40. The summed E-state index contributed by atoms with van der Waals surface area (Å²) in [7, 11) is 0. The number of hydrogen-bond donors (Lipinski definition) is 1. The Balaban J connectivity index is 1.59. The largest absolute Gasteiger partial charge is 0.422 e. The third-order valence-electron chi connectivity index (χ3n) is 4.18. The van der Waals surface area contributed by atoms with Gasteiger partial charge in [0.1, 0.15) is 5.75 Å². The number of carbonyl (C=O) groups excluding carboxylic acids is 2. The van der Waals surface area contributed by atoms with Crippen LogP contribution in [0.1, 0.15) is 15.9 Å². The highest BCUT2D eigenvalue weighted by molar-refractivity contribution is 9.10. The van der Waals surface area contributed by atoms with Crippen LogP contribution in [0.2, 0.25) is 5.02 Å². The SMILES string of the molecule is O=C1NC(=Nc2ccc(Cl)cc2)S/C1=C\c1cc(Br)ccc1OC(=O)c1ccccc1. The predicted molar refractivity (Wildman–Crippen MR) is 128 cm³/mol. The molecule has 3 aromatic carbocycles. The first-order valence-corrected chi connectivity index (χ1v) is 11.1. The number of nitrogens with zero attached hydrogens (tertiary/aromatic N) is 1. The molecule has 3 aromatic rings. The second kappa shape index (κ2) is 9.51. The van der Waals surface area contributed by atoms with E-state index in [2.05, 4.69) is 26.2 Å². The number of hydrogen-bond acceptors (Lipinski definition) is 5. The molecule has 0 saturated carbocycles. The third kappa shape index (κ3) is 5.44. The number of nitrogens with one attached hydrogen (secondary N) is 1. The van der Waals surface area contributed by atoms with E-state index >= 15 is 0 Å². The first-order chi connectivity index (χ1) is 15.0. The van der Waals surface area contributed by atoms with E-state index in [9.17, 15) is 9.59 Å². The fourth-order valence-electron chi connectivity index (χ4n) is 2.71. The monoisotopic (exact) mass is 512 g/mol. The fourth-order valence-corrected chi connectivity index (χ4v) is 4.05. The molecular weight excluding hydrogens is 500 g/mol. The zero-order chi connectivity index (χ0) is 21.8. The third-order valence-corrected chi connectivity index (χ3v) is 5.83. The van der Waals surface area contributed by atoms with Gasteiger partial charge in [-0.3, -0.25) is 4.79 Å². The molecule has 0 aromatic heterocycles. The molecule has 1 N–H and O–H groups in total. The number of esters is 1. The first kappa shape index (κ1) is 21.4. The lowest BCUT2D eigenvalue weighted by Gasteiger charge is -2.08. The summed E-state index contributed by atoms with van der Waals surface area (Å²) in [5.41, 5.74) is 1.70. The lowest BCUT2D eigenvalue weighted by Crippen LogP contribution is -2.19. The Morgan fingerprint density at radius 1 is 1.06 bits per heavy atom.